The van der Waals surface area contributed by atoms with Gasteiger partial charge in [0.2, 0.25) is 0 Å². The zero-order chi connectivity index (χ0) is 97.0. The maximum absolute atomic E-state index is 11.0. The molecule has 0 aliphatic rings. The Bertz CT molecular complexity index is 5790. The fourth-order valence-corrected chi connectivity index (χ4v) is 18.6. The molecule has 0 spiro atoms. The first-order valence-corrected chi connectivity index (χ1v) is 51.6. The number of rotatable bonds is 14. The van der Waals surface area contributed by atoms with Crippen molar-refractivity contribution < 1.29 is 30.6 Å². The van der Waals surface area contributed by atoms with Gasteiger partial charge in [0.25, 0.3) is 0 Å². The molecule has 0 bridgehead atoms. The number of halogens is 6. The molecule has 0 atom stereocenters. The minimum Gasteiger partial charge on any atom is -0.507 e. The lowest BCUT2D eigenvalue weighted by Gasteiger charge is -2.25. The number of aromatic hydroxyl groups is 6. The van der Waals surface area contributed by atoms with Crippen molar-refractivity contribution in [3.05, 3.63) is 316 Å². The van der Waals surface area contributed by atoms with Crippen molar-refractivity contribution in [2.24, 2.45) is 0 Å². The van der Waals surface area contributed by atoms with Gasteiger partial charge in [0.1, 0.15) is 34.5 Å². The molecule has 0 aromatic heterocycles. The zero-order valence-electron chi connectivity index (χ0n) is 82.7. The summed E-state index contributed by atoms with van der Waals surface area (Å²) < 4.78 is 0. The van der Waals surface area contributed by atoms with E-state index in [0.717, 1.165) is 94.6 Å². The lowest BCUT2D eigenvalue weighted by atomic mass is 9.80. The van der Waals surface area contributed by atoms with Crippen LogP contribution in [0.3, 0.4) is 0 Å². The molecule has 6 N–H and O–H groups in total. The zero-order valence-corrected chi connectivity index (χ0v) is 92.3. The number of phenols is 6. The molecule has 0 unspecified atom stereocenters. The molecule has 0 heterocycles. The highest BCUT2D eigenvalue weighted by Gasteiger charge is 2.29. The van der Waals surface area contributed by atoms with Crippen LogP contribution in [-0.2, 0) is 64.5 Å². The summed E-state index contributed by atoms with van der Waals surface area (Å²) in [7, 11) is 0. The molecule has 6 nitrogen and oxygen atoms in total. The van der Waals surface area contributed by atoms with E-state index in [1.54, 1.807) is 0 Å². The Morgan fingerprint density at radius 2 is 0.457 bits per heavy atom. The smallest absolute Gasteiger partial charge is 0.127 e. The Morgan fingerprint density at radius 3 is 0.744 bits per heavy atom. The van der Waals surface area contributed by atoms with Gasteiger partial charge in [-0.2, -0.15) is 0 Å². The van der Waals surface area contributed by atoms with Crippen molar-refractivity contribution in [3.8, 4) is 101 Å². The Balaban J connectivity index is 0.000000212. The summed E-state index contributed by atoms with van der Waals surface area (Å²) >= 11 is 21.0. The number of hydrogen-bond donors (Lipinski definition) is 6. The maximum atomic E-state index is 11.0. The van der Waals surface area contributed by atoms with Gasteiger partial charge >= 0.3 is 0 Å². The molecule has 0 aliphatic heterocycles. The normalized spacial score (nSPS) is 11.8. The first-order valence-electron chi connectivity index (χ1n) is 44.9. The van der Waals surface area contributed by atoms with Gasteiger partial charge in [-0.3, -0.25) is 0 Å². The van der Waals surface area contributed by atoms with E-state index in [1.165, 1.54) is 100 Å². The van der Waals surface area contributed by atoms with E-state index in [2.05, 4.69) is 486 Å². The van der Waals surface area contributed by atoms with Gasteiger partial charge in [-0.1, -0.05) is 427 Å². The van der Waals surface area contributed by atoms with Crippen LogP contribution in [0.25, 0.3) is 66.8 Å². The Kier molecular flexibility index (Phi) is 38.1. The standard InChI is InChI=1S/C23H31BrO.C20H25BrO.2C19H23BrO.2C18H21BrO/c1-14(2)18-9-8-10-19(15(3)4)21(18)20-12-17(23(5,6)7)11-16(13-24)22(20)25;1-12-7-13(2)18(14(3)8-12)17-10-16(20(4,5)6)9-15(11-21)19(17)22;1-12-6-13(2)8-14(7-12)17-10-16(19(3,4)5)9-15(11-20)18(17)21;1-12-7-6-8-13(2)17(12)16-10-15(19(3,4)5)9-14(11-20)18(16)21;1-12-5-7-13(8-6-12)16-10-15(18(2,3)4)9-14(11-19)17(16)20;1-12-6-5-7-13(8-12)16-10-15(18(2,3)4)9-14(11-19)17(16)20/h8-12,14-15,25H,13H2,1-7H3;7-10,22H,11H2,1-6H3;2*6-10,21H,11H2,1-5H3;2*5-10,20H,11H2,1-4H3. The largest absolute Gasteiger partial charge is 0.507 e. The molecular formula is C117H144Br6O6. The van der Waals surface area contributed by atoms with E-state index in [1.807, 2.05) is 12.1 Å². The van der Waals surface area contributed by atoms with Crippen LogP contribution in [0, 0.1) is 62.3 Å². The average Bonchev–Trinajstić information content (AvgIpc) is 0.766. The molecule has 0 fully saturated rings. The molecule has 0 aliphatic carbocycles. The highest BCUT2D eigenvalue weighted by atomic mass is 79.9. The summed E-state index contributed by atoms with van der Waals surface area (Å²) in [5, 5.41) is 67.9. The lowest BCUT2D eigenvalue weighted by Crippen LogP contribution is -2.12. The monoisotopic (exact) mass is 2120 g/mol. The van der Waals surface area contributed by atoms with Crippen molar-refractivity contribution in [2.75, 3.05) is 0 Å². The number of benzene rings is 12. The van der Waals surface area contributed by atoms with Gasteiger partial charge in [0, 0.05) is 98.7 Å². The average molecular weight is 2130 g/mol. The van der Waals surface area contributed by atoms with Crippen LogP contribution in [0.4, 0.5) is 0 Å². The number of phenolic OH excluding ortho intramolecular Hbond substituents is 6. The molecule has 0 radical (unpaired) electrons. The molecular weight excluding hydrogens is 1980 g/mol. The van der Waals surface area contributed by atoms with Crippen molar-refractivity contribution in [3.63, 3.8) is 0 Å². The molecule has 0 amide bonds. The first-order chi connectivity index (χ1) is 59.8. The molecule has 12 heteroatoms. The highest BCUT2D eigenvalue weighted by Crippen LogP contribution is 2.49. The molecule has 690 valence electrons. The SMILES string of the molecule is CC(C)c1cccc(C(C)C)c1-c1cc(C(C)(C)C)cc(CBr)c1O.Cc1cc(C)c(-c2cc(C(C)(C)C)cc(CBr)c2O)c(C)c1.Cc1cc(C)cc(-c2cc(C(C)(C)C)cc(CBr)c2O)c1.Cc1ccc(-c2cc(C(C)(C)C)cc(CBr)c2O)cc1.Cc1cccc(-c2cc(C(C)(C)C)cc(CBr)c2O)c1.Cc1cccc(C)c1-c1cc(C(C)(C)C)cc(CBr)c1O. The summed E-state index contributed by atoms with van der Waals surface area (Å²) in [6.45, 7) is 67.4. The Hall–Kier alpha value is -7.68. The van der Waals surface area contributed by atoms with Gasteiger partial charge in [-0.25, -0.2) is 0 Å². The summed E-state index contributed by atoms with van der Waals surface area (Å²) in [4.78, 5) is 0. The second-order valence-corrected chi connectivity index (χ2v) is 45.1. The van der Waals surface area contributed by atoms with Crippen molar-refractivity contribution in [1.82, 2.24) is 0 Å². The third-order valence-corrected chi connectivity index (χ3v) is 27.4. The van der Waals surface area contributed by atoms with Gasteiger partial charge in [-0.05, 0) is 243 Å². The van der Waals surface area contributed by atoms with Crippen LogP contribution in [0.15, 0.2) is 188 Å². The Labute approximate surface area is 826 Å². The van der Waals surface area contributed by atoms with E-state index >= 15 is 0 Å². The lowest BCUT2D eigenvalue weighted by molar-refractivity contribution is 0.470. The van der Waals surface area contributed by atoms with Crippen LogP contribution in [0.5, 0.6) is 34.5 Å². The number of hydrogen-bond acceptors (Lipinski definition) is 6. The quantitative estimate of drug-likeness (QED) is 0.0604. The Morgan fingerprint density at radius 1 is 0.217 bits per heavy atom. The summed E-state index contributed by atoms with van der Waals surface area (Å²) in [5.41, 5.74) is 39.2. The minimum atomic E-state index is 0.0319. The van der Waals surface area contributed by atoms with Gasteiger partial charge in [0.05, 0.1) is 0 Å². The third kappa shape index (κ3) is 28.2. The summed E-state index contributed by atoms with van der Waals surface area (Å²) in [5.74, 6) is 3.11. The molecule has 12 aromatic carbocycles. The van der Waals surface area contributed by atoms with Crippen LogP contribution < -0.4 is 0 Å². The van der Waals surface area contributed by atoms with E-state index in [9.17, 15) is 30.6 Å². The molecule has 0 saturated heterocycles. The highest BCUT2D eigenvalue weighted by molar-refractivity contribution is 9.09. The number of alkyl halides is 6. The summed E-state index contributed by atoms with van der Waals surface area (Å²) in [6.07, 6.45) is 0. The van der Waals surface area contributed by atoms with Gasteiger partial charge < -0.3 is 30.6 Å². The van der Waals surface area contributed by atoms with Crippen molar-refractivity contribution in [2.45, 2.75) is 291 Å². The second-order valence-electron chi connectivity index (χ2n) is 41.8. The van der Waals surface area contributed by atoms with Crippen LogP contribution >= 0.6 is 95.6 Å². The maximum Gasteiger partial charge on any atom is 0.127 e. The predicted molar refractivity (Wildman–Crippen MR) is 580 cm³/mol. The minimum absolute atomic E-state index is 0.0319. The van der Waals surface area contributed by atoms with E-state index in [4.69, 9.17) is 0 Å². The molecule has 0 saturated carbocycles. The molecule has 12 aromatic rings. The van der Waals surface area contributed by atoms with Gasteiger partial charge in [0.15, 0.2) is 0 Å². The fraction of sp³-hybridized carbons (Fsp3) is 0.385. The van der Waals surface area contributed by atoms with Crippen LogP contribution in [-0.4, -0.2) is 30.6 Å². The molecule has 129 heavy (non-hydrogen) atoms. The van der Waals surface area contributed by atoms with Crippen molar-refractivity contribution in [1.29, 1.82) is 0 Å². The van der Waals surface area contributed by atoms with Crippen LogP contribution in [0.1, 0.15) is 292 Å². The van der Waals surface area contributed by atoms with E-state index in [-0.39, 0.29) is 32.5 Å². The topological polar surface area (TPSA) is 121 Å². The third-order valence-electron chi connectivity index (χ3n) is 23.8. The van der Waals surface area contributed by atoms with E-state index < -0.39 is 0 Å². The molecule has 12 rings (SSSR count). The van der Waals surface area contributed by atoms with Gasteiger partial charge in [-0.15, -0.1) is 0 Å². The van der Waals surface area contributed by atoms with Crippen LogP contribution in [0.2, 0.25) is 0 Å². The summed E-state index contributed by atoms with van der Waals surface area (Å²) in [6, 6.07) is 65.5. The van der Waals surface area contributed by atoms with E-state index in [0.29, 0.717) is 78.3 Å². The number of aryl methyl sites for hydroxylation is 9. The fourth-order valence-electron chi connectivity index (χ4n) is 16.0. The van der Waals surface area contributed by atoms with Crippen molar-refractivity contribution >= 4 is 95.6 Å². The second kappa shape index (κ2) is 45.4. The first kappa shape index (κ1) is 108. The predicted octanol–water partition coefficient (Wildman–Crippen LogP) is 36.5.